The largest absolute Gasteiger partial charge is 0.481 e. The van der Waals surface area contributed by atoms with E-state index < -0.39 is 17.9 Å². The van der Waals surface area contributed by atoms with E-state index in [1.165, 1.54) is 57.8 Å². The van der Waals surface area contributed by atoms with Gasteiger partial charge in [-0.2, -0.15) is 0 Å². The molecule has 0 heterocycles. The van der Waals surface area contributed by atoms with Gasteiger partial charge in [-0.25, -0.2) is 0 Å². The summed E-state index contributed by atoms with van der Waals surface area (Å²) >= 11 is 0. The van der Waals surface area contributed by atoms with Crippen LogP contribution in [0.25, 0.3) is 0 Å². The molecule has 0 bridgehead atoms. The van der Waals surface area contributed by atoms with Gasteiger partial charge < -0.3 is 10.2 Å². The second-order valence-corrected chi connectivity index (χ2v) is 11.7. The third-order valence-corrected chi connectivity index (χ3v) is 10.9. The molecule has 6 unspecified atom stereocenters. The van der Waals surface area contributed by atoms with Crippen molar-refractivity contribution in [2.24, 2.45) is 45.8 Å². The SMILES string of the molecule is CC12CCC3C(CCC4(C)CCCCC34C)C1CC[C@@H]2CCC(C(=O)O)C(=O)O. The number of rotatable bonds is 5. The fourth-order valence-electron chi connectivity index (χ4n) is 8.91. The number of hydrogen-bond donors (Lipinski definition) is 2. The summed E-state index contributed by atoms with van der Waals surface area (Å²) in [6, 6.07) is 0. The molecule has 0 aromatic carbocycles. The lowest BCUT2D eigenvalue weighted by Gasteiger charge is -2.64. The van der Waals surface area contributed by atoms with Crippen molar-refractivity contribution in [2.45, 2.75) is 97.8 Å². The van der Waals surface area contributed by atoms with E-state index >= 15 is 0 Å². The number of carboxylic acids is 2. The van der Waals surface area contributed by atoms with Crippen LogP contribution in [0.4, 0.5) is 0 Å². The van der Waals surface area contributed by atoms with Crippen molar-refractivity contribution in [1.29, 1.82) is 0 Å². The van der Waals surface area contributed by atoms with Crippen LogP contribution in [0, 0.1) is 45.8 Å². The van der Waals surface area contributed by atoms with E-state index in [9.17, 15) is 19.8 Å². The van der Waals surface area contributed by atoms with Crippen LogP contribution in [0.3, 0.4) is 0 Å². The van der Waals surface area contributed by atoms with Gasteiger partial charge in [0.2, 0.25) is 0 Å². The molecule has 164 valence electrons. The number of carboxylic acid groups (broad SMARTS) is 2. The molecule has 4 nitrogen and oxygen atoms in total. The van der Waals surface area contributed by atoms with Gasteiger partial charge in [0, 0.05) is 0 Å². The molecule has 4 saturated carbocycles. The molecule has 0 spiro atoms. The molecule has 0 aliphatic heterocycles. The monoisotopic (exact) mass is 404 g/mol. The van der Waals surface area contributed by atoms with E-state index in [-0.39, 0.29) is 11.8 Å². The van der Waals surface area contributed by atoms with Crippen LogP contribution < -0.4 is 0 Å². The Morgan fingerprint density at radius 1 is 0.862 bits per heavy atom. The Morgan fingerprint density at radius 3 is 2.24 bits per heavy atom. The molecular weight excluding hydrogens is 364 g/mol. The Hall–Kier alpha value is -1.06. The first-order valence-electron chi connectivity index (χ1n) is 12.1. The summed E-state index contributed by atoms with van der Waals surface area (Å²) in [5.41, 5.74) is 1.29. The molecule has 4 aliphatic rings. The maximum Gasteiger partial charge on any atom is 0.317 e. The lowest BCUT2D eigenvalue weighted by molar-refractivity contribution is -0.156. The Bertz CT molecular complexity index is 660. The Kier molecular flexibility index (Phi) is 5.31. The van der Waals surface area contributed by atoms with Crippen LogP contribution in [-0.2, 0) is 9.59 Å². The highest BCUT2D eigenvalue weighted by Gasteiger charge is 2.62. The minimum absolute atomic E-state index is 0.279. The van der Waals surface area contributed by atoms with Crippen molar-refractivity contribution < 1.29 is 19.8 Å². The van der Waals surface area contributed by atoms with Crippen LogP contribution in [-0.4, -0.2) is 22.2 Å². The fourth-order valence-corrected chi connectivity index (χ4v) is 8.91. The van der Waals surface area contributed by atoms with E-state index in [1.54, 1.807) is 0 Å². The van der Waals surface area contributed by atoms with Gasteiger partial charge in [-0.1, -0.05) is 33.6 Å². The van der Waals surface area contributed by atoms with Gasteiger partial charge in [0.15, 0.2) is 5.92 Å². The average Bonchev–Trinajstić information content (AvgIpc) is 2.98. The van der Waals surface area contributed by atoms with Crippen molar-refractivity contribution in [2.75, 3.05) is 0 Å². The zero-order valence-corrected chi connectivity index (χ0v) is 18.6. The Labute approximate surface area is 175 Å². The van der Waals surface area contributed by atoms with Crippen LogP contribution in [0.1, 0.15) is 97.8 Å². The fraction of sp³-hybridized carbons (Fsp3) is 0.920. The molecule has 29 heavy (non-hydrogen) atoms. The molecule has 0 amide bonds. The first-order chi connectivity index (χ1) is 13.6. The van der Waals surface area contributed by atoms with Crippen molar-refractivity contribution in [3.05, 3.63) is 0 Å². The summed E-state index contributed by atoms with van der Waals surface area (Å²) in [4.78, 5) is 22.6. The van der Waals surface area contributed by atoms with Crippen LogP contribution in [0.2, 0.25) is 0 Å². The van der Waals surface area contributed by atoms with E-state index in [0.717, 1.165) is 30.6 Å². The van der Waals surface area contributed by atoms with Gasteiger partial charge in [0.25, 0.3) is 0 Å². The smallest absolute Gasteiger partial charge is 0.317 e. The summed E-state index contributed by atoms with van der Waals surface area (Å²) in [5.74, 6) is -0.695. The van der Waals surface area contributed by atoms with Gasteiger partial charge in [-0.05, 0) is 104 Å². The third kappa shape index (κ3) is 3.15. The van der Waals surface area contributed by atoms with E-state index in [2.05, 4.69) is 20.8 Å². The lowest BCUT2D eigenvalue weighted by atomic mass is 9.40. The second-order valence-electron chi connectivity index (χ2n) is 11.7. The molecule has 0 radical (unpaired) electrons. The highest BCUT2D eigenvalue weighted by Crippen LogP contribution is 2.70. The third-order valence-electron chi connectivity index (χ3n) is 10.9. The van der Waals surface area contributed by atoms with Crippen molar-refractivity contribution in [1.82, 2.24) is 0 Å². The standard InChI is InChI=1S/C25H40O4/c1-23-12-4-5-13-25(23,3)20-11-15-24(2)16(6-8-18(21(26)27)22(28)29)7-9-19(24)17(20)10-14-23/h16-20H,4-15H2,1-3H3,(H,26,27)(H,28,29)/t16-,17?,19?,20?,23?,24?,25?/m0/s1. The van der Waals surface area contributed by atoms with E-state index in [1.807, 2.05) is 0 Å². The van der Waals surface area contributed by atoms with E-state index in [0.29, 0.717) is 16.7 Å². The second kappa shape index (κ2) is 7.27. The first-order valence-corrected chi connectivity index (χ1v) is 12.1. The zero-order valence-electron chi connectivity index (χ0n) is 18.6. The maximum atomic E-state index is 11.3. The number of hydrogen-bond acceptors (Lipinski definition) is 2. The van der Waals surface area contributed by atoms with Crippen LogP contribution >= 0.6 is 0 Å². The normalized spacial score (nSPS) is 46.6. The van der Waals surface area contributed by atoms with Crippen LogP contribution in [0.5, 0.6) is 0 Å². The molecule has 0 aromatic rings. The molecular formula is C25H40O4. The van der Waals surface area contributed by atoms with Crippen molar-refractivity contribution in [3.63, 3.8) is 0 Å². The Morgan fingerprint density at radius 2 is 1.55 bits per heavy atom. The van der Waals surface area contributed by atoms with Gasteiger partial charge >= 0.3 is 11.9 Å². The highest BCUT2D eigenvalue weighted by molar-refractivity contribution is 5.92. The van der Waals surface area contributed by atoms with Gasteiger partial charge in [-0.15, -0.1) is 0 Å². The predicted molar refractivity (Wildman–Crippen MR) is 112 cm³/mol. The Balaban J connectivity index is 1.50. The number of carbonyl (C=O) groups is 2. The number of aliphatic carboxylic acids is 2. The molecule has 7 atom stereocenters. The summed E-state index contributed by atoms with van der Waals surface area (Å²) in [6.45, 7) is 7.65. The van der Waals surface area contributed by atoms with Crippen molar-refractivity contribution in [3.8, 4) is 0 Å². The molecule has 4 rings (SSSR count). The minimum atomic E-state index is -1.24. The molecule has 0 aromatic heterocycles. The van der Waals surface area contributed by atoms with Gasteiger partial charge in [0.05, 0.1) is 0 Å². The van der Waals surface area contributed by atoms with Crippen LogP contribution in [0.15, 0.2) is 0 Å². The molecule has 4 heteroatoms. The lowest BCUT2D eigenvalue weighted by Crippen LogP contribution is -2.56. The number of fused-ring (bicyclic) bond motifs is 5. The molecule has 4 aliphatic carbocycles. The zero-order chi connectivity index (χ0) is 21.0. The molecule has 2 N–H and O–H groups in total. The van der Waals surface area contributed by atoms with Gasteiger partial charge in [-0.3, -0.25) is 9.59 Å². The predicted octanol–water partition coefficient (Wildman–Crippen LogP) is 5.99. The first kappa shape index (κ1) is 21.2. The highest BCUT2D eigenvalue weighted by atomic mass is 16.4. The quantitative estimate of drug-likeness (QED) is 0.552. The maximum absolute atomic E-state index is 11.3. The topological polar surface area (TPSA) is 74.6 Å². The summed E-state index contributed by atoms with van der Waals surface area (Å²) in [7, 11) is 0. The summed E-state index contributed by atoms with van der Waals surface area (Å²) in [6.07, 6.45) is 14.4. The van der Waals surface area contributed by atoms with Gasteiger partial charge in [0.1, 0.15) is 0 Å². The summed E-state index contributed by atoms with van der Waals surface area (Å²) < 4.78 is 0. The summed E-state index contributed by atoms with van der Waals surface area (Å²) in [5, 5.41) is 18.5. The minimum Gasteiger partial charge on any atom is -0.481 e. The van der Waals surface area contributed by atoms with Crippen molar-refractivity contribution >= 4 is 11.9 Å². The van der Waals surface area contributed by atoms with E-state index in [4.69, 9.17) is 0 Å². The molecule has 0 saturated heterocycles. The molecule has 4 fully saturated rings. The average molecular weight is 405 g/mol.